The molecule has 3 saturated carbocycles. The second kappa shape index (κ2) is 9.85. The summed E-state index contributed by atoms with van der Waals surface area (Å²) in [7, 11) is 1.72. The third-order valence-corrected chi connectivity index (χ3v) is 10.5. The summed E-state index contributed by atoms with van der Waals surface area (Å²) in [5.41, 5.74) is 1.61. The van der Waals surface area contributed by atoms with E-state index in [4.69, 9.17) is 4.74 Å². The van der Waals surface area contributed by atoms with Crippen molar-refractivity contribution in [2.75, 3.05) is 13.7 Å². The van der Waals surface area contributed by atoms with Crippen LogP contribution in [0.5, 0.6) is 0 Å². The molecule has 3 fully saturated rings. The Bertz CT molecular complexity index is 630. The number of rotatable bonds is 9. The van der Waals surface area contributed by atoms with Crippen LogP contribution in [0.3, 0.4) is 0 Å². The first-order valence-electron chi connectivity index (χ1n) is 13.5. The molecule has 0 amide bonds. The van der Waals surface area contributed by atoms with Gasteiger partial charge < -0.3 is 14.9 Å². The highest BCUT2D eigenvalue weighted by molar-refractivity contribution is 5.20. The average Bonchev–Trinajstić information content (AvgIpc) is 3.11. The van der Waals surface area contributed by atoms with Crippen molar-refractivity contribution in [1.29, 1.82) is 0 Å². The molecule has 8 unspecified atom stereocenters. The van der Waals surface area contributed by atoms with E-state index in [0.717, 1.165) is 68.1 Å². The molecule has 31 heavy (non-hydrogen) atoms. The van der Waals surface area contributed by atoms with Crippen molar-refractivity contribution in [2.45, 2.75) is 115 Å². The van der Waals surface area contributed by atoms with Crippen molar-refractivity contribution in [1.82, 2.24) is 0 Å². The average molecular weight is 433 g/mol. The molecule has 0 aromatic heterocycles. The first kappa shape index (κ1) is 23.8. The fourth-order valence-corrected chi connectivity index (χ4v) is 8.45. The fourth-order valence-electron chi connectivity index (χ4n) is 8.45. The number of aliphatic hydroxyl groups is 2. The lowest BCUT2D eigenvalue weighted by atomic mass is 9.51. The van der Waals surface area contributed by atoms with E-state index in [9.17, 15) is 10.2 Å². The summed E-state index contributed by atoms with van der Waals surface area (Å²) in [6.45, 7) is 5.40. The van der Waals surface area contributed by atoms with Gasteiger partial charge in [-0.2, -0.15) is 0 Å². The quantitative estimate of drug-likeness (QED) is 0.333. The zero-order valence-electron chi connectivity index (χ0n) is 20.5. The van der Waals surface area contributed by atoms with E-state index >= 15 is 0 Å². The van der Waals surface area contributed by atoms with Gasteiger partial charge in [0, 0.05) is 13.7 Å². The van der Waals surface area contributed by atoms with Crippen LogP contribution in [0.1, 0.15) is 104 Å². The van der Waals surface area contributed by atoms with Gasteiger partial charge in [0.25, 0.3) is 0 Å². The molecule has 0 aliphatic heterocycles. The van der Waals surface area contributed by atoms with Crippen LogP contribution in [0.25, 0.3) is 0 Å². The van der Waals surface area contributed by atoms with E-state index in [2.05, 4.69) is 19.9 Å². The Kier molecular flexibility index (Phi) is 7.55. The first-order valence-corrected chi connectivity index (χ1v) is 13.5. The molecule has 3 nitrogen and oxygen atoms in total. The molecule has 8 atom stereocenters. The molecule has 0 heterocycles. The Morgan fingerprint density at radius 3 is 2.71 bits per heavy atom. The summed E-state index contributed by atoms with van der Waals surface area (Å²) in [6, 6.07) is 0. The molecule has 0 aromatic carbocycles. The minimum Gasteiger partial charge on any atom is -0.393 e. The molecule has 2 N–H and O–H groups in total. The Morgan fingerprint density at radius 2 is 1.94 bits per heavy atom. The highest BCUT2D eigenvalue weighted by Gasteiger charge is 2.55. The van der Waals surface area contributed by atoms with E-state index in [1.807, 2.05) is 0 Å². The summed E-state index contributed by atoms with van der Waals surface area (Å²) >= 11 is 0. The van der Waals surface area contributed by atoms with Gasteiger partial charge in [-0.15, -0.1) is 0 Å². The van der Waals surface area contributed by atoms with Crippen LogP contribution >= 0.6 is 0 Å². The lowest BCUT2D eigenvalue weighted by Crippen LogP contribution is -2.46. The van der Waals surface area contributed by atoms with Crippen LogP contribution in [0.4, 0.5) is 0 Å². The number of allylic oxidation sites excluding steroid dienone is 1. The molecular formula is C28H48O3. The highest BCUT2D eigenvalue weighted by atomic mass is 16.5. The molecule has 0 spiro atoms. The number of hydrogen-bond acceptors (Lipinski definition) is 3. The van der Waals surface area contributed by atoms with Gasteiger partial charge in [-0.05, 0) is 112 Å². The lowest BCUT2D eigenvalue weighted by Gasteiger charge is -2.54. The summed E-state index contributed by atoms with van der Waals surface area (Å²) in [4.78, 5) is 0. The van der Waals surface area contributed by atoms with Gasteiger partial charge in [0.1, 0.15) is 0 Å². The number of ether oxygens (including phenoxy) is 1. The number of unbranched alkanes of at least 4 members (excludes halogenated alkanes) is 1. The third-order valence-electron chi connectivity index (χ3n) is 10.5. The minimum atomic E-state index is -0.532. The second-order valence-electron chi connectivity index (χ2n) is 11.9. The maximum Gasteiger partial charge on any atom is 0.0667 e. The molecule has 0 aromatic rings. The van der Waals surface area contributed by atoms with E-state index in [-0.39, 0.29) is 6.10 Å². The Hall–Kier alpha value is -0.380. The topological polar surface area (TPSA) is 49.7 Å². The van der Waals surface area contributed by atoms with Crippen LogP contribution in [-0.4, -0.2) is 35.6 Å². The molecule has 4 aliphatic rings. The van der Waals surface area contributed by atoms with Gasteiger partial charge in [-0.25, -0.2) is 0 Å². The molecule has 178 valence electrons. The van der Waals surface area contributed by atoms with Gasteiger partial charge in [0.15, 0.2) is 0 Å². The molecular weight excluding hydrogens is 384 g/mol. The summed E-state index contributed by atoms with van der Waals surface area (Å²) in [5, 5.41) is 20.9. The van der Waals surface area contributed by atoms with Crippen molar-refractivity contribution in [3.8, 4) is 0 Å². The lowest BCUT2D eigenvalue weighted by molar-refractivity contribution is -0.0216. The smallest absolute Gasteiger partial charge is 0.0667 e. The zero-order chi connectivity index (χ0) is 22.1. The van der Waals surface area contributed by atoms with Crippen LogP contribution in [0.2, 0.25) is 0 Å². The zero-order valence-corrected chi connectivity index (χ0v) is 20.5. The van der Waals surface area contributed by atoms with Crippen LogP contribution in [-0.2, 0) is 4.74 Å². The van der Waals surface area contributed by atoms with Crippen molar-refractivity contribution in [3.05, 3.63) is 11.6 Å². The van der Waals surface area contributed by atoms with Gasteiger partial charge in [-0.3, -0.25) is 0 Å². The van der Waals surface area contributed by atoms with Crippen LogP contribution in [0, 0.1) is 35.0 Å². The van der Waals surface area contributed by atoms with Gasteiger partial charge >= 0.3 is 0 Å². The molecule has 0 saturated heterocycles. The van der Waals surface area contributed by atoms with E-state index in [0.29, 0.717) is 12.0 Å². The van der Waals surface area contributed by atoms with E-state index in [1.165, 1.54) is 51.4 Å². The Balaban J connectivity index is 1.32. The normalized spacial score (nSPS) is 41.6. The summed E-state index contributed by atoms with van der Waals surface area (Å²) < 4.78 is 5.20. The van der Waals surface area contributed by atoms with Crippen molar-refractivity contribution >= 4 is 0 Å². The largest absolute Gasteiger partial charge is 0.393 e. The van der Waals surface area contributed by atoms with Crippen molar-refractivity contribution < 1.29 is 14.9 Å². The number of fused-ring (bicyclic) bond motifs is 5. The van der Waals surface area contributed by atoms with Crippen LogP contribution < -0.4 is 0 Å². The Morgan fingerprint density at radius 1 is 1.10 bits per heavy atom. The molecule has 3 heteroatoms. The van der Waals surface area contributed by atoms with Gasteiger partial charge in [-0.1, -0.05) is 38.3 Å². The third kappa shape index (κ3) is 4.80. The predicted molar refractivity (Wildman–Crippen MR) is 127 cm³/mol. The minimum absolute atomic E-state index is 0.0800. The molecule has 0 bridgehead atoms. The number of methoxy groups -OCH3 is 1. The van der Waals surface area contributed by atoms with Gasteiger partial charge in [0.2, 0.25) is 0 Å². The van der Waals surface area contributed by atoms with Crippen molar-refractivity contribution in [3.63, 3.8) is 0 Å². The van der Waals surface area contributed by atoms with Gasteiger partial charge in [0.05, 0.1) is 11.7 Å². The first-order chi connectivity index (χ1) is 14.9. The van der Waals surface area contributed by atoms with Crippen LogP contribution in [0.15, 0.2) is 11.6 Å². The molecule has 0 radical (unpaired) electrons. The Labute approximate surface area is 191 Å². The second-order valence-corrected chi connectivity index (χ2v) is 11.9. The highest BCUT2D eigenvalue weighted by Crippen LogP contribution is 2.64. The fraction of sp³-hybridized carbons (Fsp3) is 0.929. The van der Waals surface area contributed by atoms with E-state index in [1.54, 1.807) is 12.7 Å². The summed E-state index contributed by atoms with van der Waals surface area (Å²) in [6.07, 6.45) is 18.9. The summed E-state index contributed by atoms with van der Waals surface area (Å²) in [5.74, 6) is 4.36. The molecule has 4 rings (SSSR count). The number of aliphatic hydroxyl groups excluding tert-OH is 1. The predicted octanol–water partition coefficient (Wildman–Crippen LogP) is 6.27. The molecule has 4 aliphatic carbocycles. The maximum atomic E-state index is 10.8. The van der Waals surface area contributed by atoms with Crippen molar-refractivity contribution in [2.24, 2.45) is 35.0 Å². The SMILES string of the molecule is CCC(O)(CCCCC1CCC2C3CC=C4CC(O)CCC4C3CCC12C)CCOC. The standard InChI is InChI=1S/C28H48O3/c1-4-28(30,17-18-31-3)15-6-5-7-21-9-13-26-25-11-8-20-19-22(29)10-12-23(20)24(25)14-16-27(21,26)2/h8,21-26,29-30H,4-7,9-19H2,1-3H3. The monoisotopic (exact) mass is 432 g/mol. The van der Waals surface area contributed by atoms with E-state index < -0.39 is 5.60 Å². The maximum absolute atomic E-state index is 10.8. The number of hydrogen-bond donors (Lipinski definition) is 2.